The molecule has 1 aliphatic carbocycles. The molecule has 5 nitrogen and oxygen atoms in total. The van der Waals surface area contributed by atoms with E-state index in [1.54, 1.807) is 6.07 Å². The Morgan fingerprint density at radius 1 is 1.39 bits per heavy atom. The van der Waals surface area contributed by atoms with E-state index >= 15 is 0 Å². The standard InChI is InChI=1S/C13H18N2O3/c1-9(2)18-12-7-10(14-13(3)4-5-13)6-11(8-12)15(16)17/h6-9,14H,4-5H2,1-3H3. The number of hydrogen-bond acceptors (Lipinski definition) is 4. The van der Waals surface area contributed by atoms with Crippen LogP contribution in [-0.4, -0.2) is 16.6 Å². The van der Waals surface area contributed by atoms with Crippen molar-refractivity contribution in [2.24, 2.45) is 0 Å². The smallest absolute Gasteiger partial charge is 0.275 e. The summed E-state index contributed by atoms with van der Waals surface area (Å²) in [5, 5.41) is 14.2. The Morgan fingerprint density at radius 3 is 2.56 bits per heavy atom. The first-order valence-corrected chi connectivity index (χ1v) is 6.12. The van der Waals surface area contributed by atoms with Crippen LogP contribution < -0.4 is 10.1 Å². The second-order valence-electron chi connectivity index (χ2n) is 5.32. The second-order valence-corrected chi connectivity index (χ2v) is 5.32. The molecule has 0 aromatic heterocycles. The van der Waals surface area contributed by atoms with Gasteiger partial charge in [0.1, 0.15) is 5.75 Å². The lowest BCUT2D eigenvalue weighted by molar-refractivity contribution is -0.384. The van der Waals surface area contributed by atoms with Crippen molar-refractivity contribution < 1.29 is 9.66 Å². The average molecular weight is 250 g/mol. The van der Waals surface area contributed by atoms with Crippen LogP contribution >= 0.6 is 0 Å². The molecule has 0 bridgehead atoms. The number of benzene rings is 1. The van der Waals surface area contributed by atoms with Gasteiger partial charge >= 0.3 is 0 Å². The number of non-ortho nitro benzene ring substituents is 1. The molecule has 5 heteroatoms. The second kappa shape index (κ2) is 4.48. The molecule has 0 radical (unpaired) electrons. The highest BCUT2D eigenvalue weighted by atomic mass is 16.6. The van der Waals surface area contributed by atoms with Crippen molar-refractivity contribution in [3.63, 3.8) is 0 Å². The number of nitro benzene ring substituents is 1. The Hall–Kier alpha value is -1.78. The molecule has 0 atom stereocenters. The summed E-state index contributed by atoms with van der Waals surface area (Å²) in [6, 6.07) is 4.83. The Labute approximate surface area is 106 Å². The molecular formula is C13H18N2O3. The minimum Gasteiger partial charge on any atom is -0.491 e. The summed E-state index contributed by atoms with van der Waals surface area (Å²) in [5.41, 5.74) is 0.893. The molecule has 18 heavy (non-hydrogen) atoms. The van der Waals surface area contributed by atoms with E-state index in [-0.39, 0.29) is 17.3 Å². The lowest BCUT2D eigenvalue weighted by Crippen LogP contribution is -2.16. The van der Waals surface area contributed by atoms with E-state index in [9.17, 15) is 10.1 Å². The number of anilines is 1. The lowest BCUT2D eigenvalue weighted by atomic mass is 10.2. The first kappa shape index (κ1) is 12.7. The van der Waals surface area contributed by atoms with Gasteiger partial charge in [-0.1, -0.05) is 0 Å². The van der Waals surface area contributed by atoms with Gasteiger partial charge in [0.05, 0.1) is 17.1 Å². The molecule has 0 spiro atoms. The van der Waals surface area contributed by atoms with E-state index in [1.165, 1.54) is 6.07 Å². The number of nitrogens with one attached hydrogen (secondary N) is 1. The summed E-state index contributed by atoms with van der Waals surface area (Å²) in [5.74, 6) is 0.533. The zero-order valence-electron chi connectivity index (χ0n) is 10.9. The van der Waals surface area contributed by atoms with Crippen molar-refractivity contribution in [3.05, 3.63) is 28.3 Å². The minimum absolute atomic E-state index is 0.00336. The van der Waals surface area contributed by atoms with Crippen LogP contribution in [0.5, 0.6) is 5.75 Å². The third-order valence-corrected chi connectivity index (χ3v) is 2.92. The van der Waals surface area contributed by atoms with Crippen LogP contribution in [0.2, 0.25) is 0 Å². The van der Waals surface area contributed by atoms with E-state index in [0.717, 1.165) is 18.5 Å². The van der Waals surface area contributed by atoms with Gasteiger partial charge in [0.25, 0.3) is 5.69 Å². The first-order valence-electron chi connectivity index (χ1n) is 6.12. The third kappa shape index (κ3) is 3.12. The highest BCUT2D eigenvalue weighted by molar-refractivity contribution is 5.58. The highest BCUT2D eigenvalue weighted by Crippen LogP contribution is 2.39. The zero-order valence-corrected chi connectivity index (χ0v) is 10.9. The fraction of sp³-hybridized carbons (Fsp3) is 0.538. The molecule has 98 valence electrons. The fourth-order valence-electron chi connectivity index (χ4n) is 1.76. The Bertz CT molecular complexity index is 467. The third-order valence-electron chi connectivity index (χ3n) is 2.92. The molecule has 1 aliphatic rings. The lowest BCUT2D eigenvalue weighted by Gasteiger charge is -2.15. The summed E-state index contributed by atoms with van der Waals surface area (Å²) in [4.78, 5) is 10.5. The summed E-state index contributed by atoms with van der Waals surface area (Å²) < 4.78 is 5.54. The van der Waals surface area contributed by atoms with Gasteiger partial charge in [-0.2, -0.15) is 0 Å². The Morgan fingerprint density at radius 2 is 2.06 bits per heavy atom. The molecular weight excluding hydrogens is 232 g/mol. The predicted molar refractivity (Wildman–Crippen MR) is 70.1 cm³/mol. The number of nitrogens with zero attached hydrogens (tertiary/aromatic N) is 1. The Kier molecular flexibility index (Phi) is 3.15. The highest BCUT2D eigenvalue weighted by Gasteiger charge is 2.37. The fourth-order valence-corrected chi connectivity index (χ4v) is 1.76. The predicted octanol–water partition coefficient (Wildman–Crippen LogP) is 3.35. The normalized spacial score (nSPS) is 16.4. The summed E-state index contributed by atoms with van der Waals surface area (Å²) >= 11 is 0. The maximum absolute atomic E-state index is 10.9. The van der Waals surface area contributed by atoms with Gasteiger partial charge < -0.3 is 10.1 Å². The largest absolute Gasteiger partial charge is 0.491 e. The molecule has 0 saturated heterocycles. The van der Waals surface area contributed by atoms with Crippen LogP contribution in [0.25, 0.3) is 0 Å². The Balaban J connectivity index is 2.27. The van der Waals surface area contributed by atoms with Crippen LogP contribution in [0.15, 0.2) is 18.2 Å². The molecule has 1 N–H and O–H groups in total. The van der Waals surface area contributed by atoms with Gasteiger partial charge in [-0.25, -0.2) is 0 Å². The molecule has 1 saturated carbocycles. The van der Waals surface area contributed by atoms with Crippen molar-refractivity contribution in [1.82, 2.24) is 0 Å². The van der Waals surface area contributed by atoms with Gasteiger partial charge in [-0.05, 0) is 33.6 Å². The quantitative estimate of drug-likeness (QED) is 0.643. The average Bonchev–Trinajstić information content (AvgIpc) is 2.94. The summed E-state index contributed by atoms with van der Waals surface area (Å²) in [6.07, 6.45) is 2.18. The van der Waals surface area contributed by atoms with Crippen LogP contribution in [-0.2, 0) is 0 Å². The van der Waals surface area contributed by atoms with Crippen LogP contribution in [0, 0.1) is 10.1 Å². The number of hydrogen-bond donors (Lipinski definition) is 1. The molecule has 0 unspecified atom stereocenters. The molecule has 1 aromatic carbocycles. The van der Waals surface area contributed by atoms with Crippen molar-refractivity contribution in [1.29, 1.82) is 0 Å². The van der Waals surface area contributed by atoms with E-state index in [2.05, 4.69) is 12.2 Å². The maximum atomic E-state index is 10.9. The van der Waals surface area contributed by atoms with Crippen molar-refractivity contribution in [2.75, 3.05) is 5.32 Å². The zero-order chi connectivity index (χ0) is 13.3. The molecule has 0 heterocycles. The van der Waals surface area contributed by atoms with E-state index in [1.807, 2.05) is 19.9 Å². The van der Waals surface area contributed by atoms with Crippen molar-refractivity contribution in [3.8, 4) is 5.75 Å². The van der Waals surface area contributed by atoms with Gasteiger partial charge in [-0.3, -0.25) is 10.1 Å². The molecule has 0 aliphatic heterocycles. The van der Waals surface area contributed by atoms with Crippen LogP contribution in [0.3, 0.4) is 0 Å². The maximum Gasteiger partial charge on any atom is 0.275 e. The SMILES string of the molecule is CC(C)Oc1cc(NC2(C)CC2)cc([N+](=O)[O-])c1. The summed E-state index contributed by atoms with van der Waals surface area (Å²) in [7, 11) is 0. The van der Waals surface area contributed by atoms with Gasteiger partial charge in [0, 0.05) is 23.4 Å². The van der Waals surface area contributed by atoms with Crippen LogP contribution in [0.4, 0.5) is 11.4 Å². The van der Waals surface area contributed by atoms with Gasteiger partial charge in [0.2, 0.25) is 0 Å². The van der Waals surface area contributed by atoms with Crippen molar-refractivity contribution >= 4 is 11.4 Å². The number of nitro groups is 1. The topological polar surface area (TPSA) is 64.4 Å². The first-order chi connectivity index (χ1) is 8.38. The molecule has 0 amide bonds. The molecule has 2 rings (SSSR count). The number of ether oxygens (including phenoxy) is 1. The molecule has 1 fully saturated rings. The minimum atomic E-state index is -0.395. The number of rotatable bonds is 5. The summed E-state index contributed by atoms with van der Waals surface area (Å²) in [6.45, 7) is 5.90. The van der Waals surface area contributed by atoms with E-state index in [4.69, 9.17) is 4.74 Å². The van der Waals surface area contributed by atoms with E-state index in [0.29, 0.717) is 5.75 Å². The van der Waals surface area contributed by atoms with Gasteiger partial charge in [-0.15, -0.1) is 0 Å². The monoisotopic (exact) mass is 250 g/mol. The van der Waals surface area contributed by atoms with Crippen molar-refractivity contribution in [2.45, 2.75) is 45.3 Å². The molecule has 1 aromatic rings. The van der Waals surface area contributed by atoms with E-state index < -0.39 is 4.92 Å². The van der Waals surface area contributed by atoms with Crippen LogP contribution in [0.1, 0.15) is 33.6 Å². The van der Waals surface area contributed by atoms with Gasteiger partial charge in [0.15, 0.2) is 0 Å².